The van der Waals surface area contributed by atoms with E-state index in [1.807, 2.05) is 6.92 Å². The molecule has 2 amide bonds. The van der Waals surface area contributed by atoms with Gasteiger partial charge in [-0.3, -0.25) is 14.4 Å². The van der Waals surface area contributed by atoms with Crippen LogP contribution in [0.25, 0.3) is 0 Å². The second-order valence-corrected chi connectivity index (χ2v) is 5.09. The molecule has 1 aliphatic heterocycles. The Hall–Kier alpha value is -2.18. The highest BCUT2D eigenvalue weighted by Gasteiger charge is 2.23. The summed E-state index contributed by atoms with van der Waals surface area (Å²) in [6.45, 7) is 3.03. The lowest BCUT2D eigenvalue weighted by Crippen LogP contribution is -2.46. The summed E-state index contributed by atoms with van der Waals surface area (Å²) in [6, 6.07) is 2.18. The van der Waals surface area contributed by atoms with Gasteiger partial charge in [0.15, 0.2) is 0 Å². The third-order valence-electron chi connectivity index (χ3n) is 3.38. The highest BCUT2D eigenvalue weighted by Crippen LogP contribution is 2.06. The quantitative estimate of drug-likeness (QED) is 0.820. The predicted octanol–water partition coefficient (Wildman–Crippen LogP) is 0.0518. The van der Waals surface area contributed by atoms with E-state index in [9.17, 15) is 14.4 Å². The lowest BCUT2D eigenvalue weighted by atomic mass is 10.1. The molecule has 1 atom stereocenters. The van der Waals surface area contributed by atoms with E-state index >= 15 is 0 Å². The summed E-state index contributed by atoms with van der Waals surface area (Å²) < 4.78 is 1.27. The molecule has 0 bridgehead atoms. The number of carbonyl (C=O) groups is 2. The molecule has 7 nitrogen and oxygen atoms in total. The molecule has 2 heterocycles. The normalized spacial score (nSPS) is 18.7. The van der Waals surface area contributed by atoms with Gasteiger partial charge < -0.3 is 10.6 Å². The summed E-state index contributed by atoms with van der Waals surface area (Å²) >= 11 is 0. The molecule has 0 aromatic carbocycles. The average Bonchev–Trinajstić information content (AvgIpc) is 2.67. The number of hydrogen-bond donors (Lipinski definition) is 2. The van der Waals surface area contributed by atoms with Crippen LogP contribution in [-0.2, 0) is 11.3 Å². The minimum Gasteiger partial charge on any atom is -0.354 e. The lowest BCUT2D eigenvalue weighted by molar-refractivity contribution is -0.122. The minimum absolute atomic E-state index is 0.153. The zero-order chi connectivity index (χ0) is 15.2. The van der Waals surface area contributed by atoms with E-state index in [0.717, 1.165) is 19.3 Å². The maximum absolute atomic E-state index is 12.2. The molecule has 2 N–H and O–H groups in total. The zero-order valence-electron chi connectivity index (χ0n) is 12.1. The van der Waals surface area contributed by atoms with Crippen molar-refractivity contribution < 1.29 is 9.59 Å². The molecule has 1 aliphatic rings. The Morgan fingerprint density at radius 2 is 2.24 bits per heavy atom. The highest BCUT2D eigenvalue weighted by molar-refractivity contribution is 5.96. The van der Waals surface area contributed by atoms with Crippen molar-refractivity contribution in [3.8, 4) is 0 Å². The number of nitrogens with zero attached hydrogens (tertiary/aromatic N) is 2. The molecular weight excluding hydrogens is 272 g/mol. The number of hydrogen-bond acceptors (Lipinski definition) is 4. The van der Waals surface area contributed by atoms with E-state index in [1.54, 1.807) is 0 Å². The number of carbonyl (C=O) groups excluding carboxylic acids is 2. The summed E-state index contributed by atoms with van der Waals surface area (Å²) in [5.41, 5.74) is -0.0827. The molecule has 1 aromatic rings. The van der Waals surface area contributed by atoms with Crippen LogP contribution in [0.2, 0.25) is 0 Å². The molecule has 1 fully saturated rings. The van der Waals surface area contributed by atoms with Gasteiger partial charge in [0.2, 0.25) is 5.91 Å². The maximum atomic E-state index is 12.2. The first-order valence-corrected chi connectivity index (χ1v) is 7.28. The van der Waals surface area contributed by atoms with Gasteiger partial charge in [-0.2, -0.15) is 5.10 Å². The van der Waals surface area contributed by atoms with Gasteiger partial charge in [0, 0.05) is 19.2 Å². The molecule has 0 aliphatic carbocycles. The Morgan fingerprint density at radius 3 is 3.00 bits per heavy atom. The van der Waals surface area contributed by atoms with Crippen LogP contribution < -0.4 is 16.2 Å². The summed E-state index contributed by atoms with van der Waals surface area (Å²) in [5, 5.41) is 9.48. The number of aryl methyl sites for hydroxylation is 1. The van der Waals surface area contributed by atoms with Crippen LogP contribution in [0.3, 0.4) is 0 Å². The smallest absolute Gasteiger partial charge is 0.272 e. The Kier molecular flexibility index (Phi) is 5.08. The fourth-order valence-corrected chi connectivity index (χ4v) is 2.25. The molecule has 0 radical (unpaired) electrons. The summed E-state index contributed by atoms with van der Waals surface area (Å²) in [5.74, 6) is -0.593. The summed E-state index contributed by atoms with van der Waals surface area (Å²) in [6.07, 6.45) is 3.17. The Morgan fingerprint density at radius 1 is 1.43 bits per heavy atom. The maximum Gasteiger partial charge on any atom is 0.272 e. The van der Waals surface area contributed by atoms with E-state index in [4.69, 9.17) is 0 Å². The molecule has 2 rings (SSSR count). The third-order valence-corrected chi connectivity index (χ3v) is 3.38. The SMILES string of the molecule is CCCn1nc(C(=O)N[C@H]2CCCCNC2=O)ccc1=O. The molecule has 0 saturated carbocycles. The van der Waals surface area contributed by atoms with Crippen LogP contribution in [-0.4, -0.2) is 34.2 Å². The van der Waals surface area contributed by atoms with Gasteiger partial charge in [-0.1, -0.05) is 6.92 Å². The zero-order valence-corrected chi connectivity index (χ0v) is 12.1. The summed E-state index contributed by atoms with van der Waals surface area (Å²) in [4.78, 5) is 35.5. The first-order chi connectivity index (χ1) is 10.1. The third kappa shape index (κ3) is 3.90. The fourth-order valence-electron chi connectivity index (χ4n) is 2.25. The first-order valence-electron chi connectivity index (χ1n) is 7.28. The van der Waals surface area contributed by atoms with Crippen molar-refractivity contribution in [2.24, 2.45) is 0 Å². The van der Waals surface area contributed by atoms with Gasteiger partial charge >= 0.3 is 0 Å². The van der Waals surface area contributed by atoms with Crippen LogP contribution in [0.5, 0.6) is 0 Å². The van der Waals surface area contributed by atoms with Crippen LogP contribution in [0.1, 0.15) is 43.1 Å². The first kappa shape index (κ1) is 15.2. The standard InChI is InChI=1S/C14H20N4O3/c1-2-9-18-12(19)7-6-11(17-18)14(21)16-10-5-3-4-8-15-13(10)20/h6-7,10H,2-5,8-9H2,1H3,(H,15,20)(H,16,21)/t10-/m0/s1. The van der Waals surface area contributed by atoms with Gasteiger partial charge in [-0.15, -0.1) is 0 Å². The van der Waals surface area contributed by atoms with Crippen molar-refractivity contribution in [2.45, 2.75) is 45.2 Å². The van der Waals surface area contributed by atoms with Crippen molar-refractivity contribution in [3.05, 3.63) is 28.2 Å². The monoisotopic (exact) mass is 292 g/mol. The highest BCUT2D eigenvalue weighted by atomic mass is 16.2. The van der Waals surface area contributed by atoms with Crippen LogP contribution >= 0.6 is 0 Å². The number of aromatic nitrogens is 2. The van der Waals surface area contributed by atoms with Crippen LogP contribution in [0.4, 0.5) is 0 Å². The van der Waals surface area contributed by atoms with Gasteiger partial charge in [0.1, 0.15) is 11.7 Å². The molecule has 7 heteroatoms. The average molecular weight is 292 g/mol. The molecule has 114 valence electrons. The molecule has 21 heavy (non-hydrogen) atoms. The fraction of sp³-hybridized carbons (Fsp3) is 0.571. The molecule has 0 spiro atoms. The Balaban J connectivity index is 2.10. The predicted molar refractivity (Wildman–Crippen MR) is 76.9 cm³/mol. The number of nitrogens with one attached hydrogen (secondary N) is 2. The Bertz CT molecular complexity index is 582. The van der Waals surface area contributed by atoms with Gasteiger partial charge in [-0.05, 0) is 31.7 Å². The van der Waals surface area contributed by atoms with Crippen molar-refractivity contribution in [2.75, 3.05) is 6.54 Å². The van der Waals surface area contributed by atoms with Gasteiger partial charge in [0.25, 0.3) is 11.5 Å². The van der Waals surface area contributed by atoms with E-state index in [1.165, 1.54) is 16.8 Å². The van der Waals surface area contributed by atoms with E-state index in [0.29, 0.717) is 19.5 Å². The van der Waals surface area contributed by atoms with Crippen molar-refractivity contribution in [1.82, 2.24) is 20.4 Å². The van der Waals surface area contributed by atoms with Crippen molar-refractivity contribution in [3.63, 3.8) is 0 Å². The van der Waals surface area contributed by atoms with E-state index in [2.05, 4.69) is 15.7 Å². The van der Waals surface area contributed by atoms with E-state index in [-0.39, 0.29) is 17.2 Å². The largest absolute Gasteiger partial charge is 0.354 e. The second-order valence-electron chi connectivity index (χ2n) is 5.09. The van der Waals surface area contributed by atoms with Crippen LogP contribution in [0, 0.1) is 0 Å². The number of rotatable bonds is 4. The van der Waals surface area contributed by atoms with Crippen molar-refractivity contribution >= 4 is 11.8 Å². The van der Waals surface area contributed by atoms with Gasteiger partial charge in [-0.25, -0.2) is 4.68 Å². The molecular formula is C14H20N4O3. The van der Waals surface area contributed by atoms with Crippen molar-refractivity contribution in [1.29, 1.82) is 0 Å². The topological polar surface area (TPSA) is 93.1 Å². The minimum atomic E-state index is -0.534. The lowest BCUT2D eigenvalue weighted by Gasteiger charge is -2.15. The van der Waals surface area contributed by atoms with Crippen LogP contribution in [0.15, 0.2) is 16.9 Å². The number of amides is 2. The van der Waals surface area contributed by atoms with Gasteiger partial charge in [0.05, 0.1) is 0 Å². The summed E-state index contributed by atoms with van der Waals surface area (Å²) in [7, 11) is 0. The Labute approximate surface area is 122 Å². The second kappa shape index (κ2) is 7.01. The molecule has 0 unspecified atom stereocenters. The molecule has 1 aromatic heterocycles. The molecule has 1 saturated heterocycles. The van der Waals surface area contributed by atoms with E-state index < -0.39 is 11.9 Å².